The van der Waals surface area contributed by atoms with Crippen molar-refractivity contribution >= 4 is 28.1 Å². The third kappa shape index (κ3) is 3.00. The van der Waals surface area contributed by atoms with Crippen LogP contribution in [0.5, 0.6) is 0 Å². The van der Waals surface area contributed by atoms with Crippen LogP contribution in [-0.4, -0.2) is 10.9 Å². The Morgan fingerprint density at radius 2 is 2.00 bits per heavy atom. The molecule has 0 bridgehead atoms. The molecule has 2 aromatic carbocycles. The number of nitrogen functional groups attached to an aromatic ring is 1. The molecule has 0 unspecified atom stereocenters. The maximum atomic E-state index is 12.2. The monoisotopic (exact) mass is 277 g/mol. The molecule has 104 valence electrons. The average Bonchev–Trinajstić information content (AvgIpc) is 2.47. The first kappa shape index (κ1) is 13.1. The largest absolute Gasteiger partial charge is 0.399 e. The Kier molecular flexibility index (Phi) is 3.51. The predicted molar refractivity (Wildman–Crippen MR) is 84.9 cm³/mol. The summed E-state index contributed by atoms with van der Waals surface area (Å²) in [6, 6.07) is 15.0. The summed E-state index contributed by atoms with van der Waals surface area (Å²) in [6.07, 6.45) is 3.80. The fourth-order valence-corrected chi connectivity index (χ4v) is 2.31. The molecule has 3 N–H and O–H groups in total. The average molecular weight is 277 g/mol. The van der Waals surface area contributed by atoms with Gasteiger partial charge in [0, 0.05) is 34.5 Å². The lowest BCUT2D eigenvalue weighted by atomic mass is 10.1. The van der Waals surface area contributed by atoms with E-state index in [4.69, 9.17) is 5.73 Å². The van der Waals surface area contributed by atoms with Gasteiger partial charge in [-0.1, -0.05) is 24.3 Å². The van der Waals surface area contributed by atoms with Gasteiger partial charge in [0.1, 0.15) is 0 Å². The maximum Gasteiger partial charge on any atom is 0.228 e. The molecular weight excluding hydrogens is 262 g/mol. The first-order valence-corrected chi connectivity index (χ1v) is 6.69. The van der Waals surface area contributed by atoms with Crippen molar-refractivity contribution in [1.82, 2.24) is 4.98 Å². The molecule has 21 heavy (non-hydrogen) atoms. The highest BCUT2D eigenvalue weighted by Gasteiger charge is 2.07. The smallest absolute Gasteiger partial charge is 0.228 e. The molecule has 1 aromatic heterocycles. The summed E-state index contributed by atoms with van der Waals surface area (Å²) in [5.74, 6) is -0.0649. The fourth-order valence-electron chi connectivity index (χ4n) is 2.31. The molecule has 0 aliphatic heterocycles. The van der Waals surface area contributed by atoms with E-state index in [1.54, 1.807) is 18.5 Å². The van der Waals surface area contributed by atoms with Crippen LogP contribution >= 0.6 is 0 Å². The van der Waals surface area contributed by atoms with Gasteiger partial charge in [-0.15, -0.1) is 0 Å². The van der Waals surface area contributed by atoms with Gasteiger partial charge in [-0.2, -0.15) is 0 Å². The van der Waals surface area contributed by atoms with Crippen LogP contribution in [0.4, 0.5) is 11.4 Å². The maximum absolute atomic E-state index is 12.2. The minimum Gasteiger partial charge on any atom is -0.399 e. The van der Waals surface area contributed by atoms with E-state index in [2.05, 4.69) is 10.3 Å². The zero-order chi connectivity index (χ0) is 14.7. The van der Waals surface area contributed by atoms with Gasteiger partial charge in [-0.05, 0) is 29.8 Å². The van der Waals surface area contributed by atoms with Crippen molar-refractivity contribution in [2.75, 3.05) is 11.1 Å². The van der Waals surface area contributed by atoms with Crippen LogP contribution in [0.25, 0.3) is 10.8 Å². The van der Waals surface area contributed by atoms with Gasteiger partial charge in [0.2, 0.25) is 5.91 Å². The molecule has 3 aromatic rings. The first-order chi connectivity index (χ1) is 10.2. The van der Waals surface area contributed by atoms with E-state index < -0.39 is 0 Å². The lowest BCUT2D eigenvalue weighted by Gasteiger charge is -2.08. The Hall–Kier alpha value is -2.88. The van der Waals surface area contributed by atoms with Crippen LogP contribution in [0.2, 0.25) is 0 Å². The molecule has 0 fully saturated rings. The van der Waals surface area contributed by atoms with E-state index in [0.29, 0.717) is 12.1 Å². The van der Waals surface area contributed by atoms with Crippen molar-refractivity contribution < 1.29 is 4.79 Å². The van der Waals surface area contributed by atoms with E-state index in [9.17, 15) is 4.79 Å². The van der Waals surface area contributed by atoms with Crippen molar-refractivity contribution in [3.63, 3.8) is 0 Å². The molecule has 0 saturated carbocycles. The van der Waals surface area contributed by atoms with Crippen LogP contribution < -0.4 is 11.1 Å². The van der Waals surface area contributed by atoms with Gasteiger partial charge in [0.15, 0.2) is 0 Å². The lowest BCUT2D eigenvalue weighted by molar-refractivity contribution is -0.115. The Morgan fingerprint density at radius 1 is 1.14 bits per heavy atom. The second-order valence-electron chi connectivity index (χ2n) is 4.87. The second-order valence-corrected chi connectivity index (χ2v) is 4.87. The van der Waals surface area contributed by atoms with Crippen molar-refractivity contribution in [1.29, 1.82) is 0 Å². The normalized spacial score (nSPS) is 10.5. The van der Waals surface area contributed by atoms with Crippen molar-refractivity contribution in [2.45, 2.75) is 6.42 Å². The van der Waals surface area contributed by atoms with Crippen LogP contribution in [0.1, 0.15) is 5.56 Å². The van der Waals surface area contributed by atoms with Crippen LogP contribution in [0.15, 0.2) is 60.9 Å². The Labute approximate surface area is 122 Å². The van der Waals surface area contributed by atoms with Gasteiger partial charge in [0.05, 0.1) is 6.42 Å². The molecule has 0 aliphatic rings. The van der Waals surface area contributed by atoms with Crippen molar-refractivity contribution in [2.24, 2.45) is 0 Å². The predicted octanol–water partition coefficient (Wildman–Crippen LogP) is 3.00. The van der Waals surface area contributed by atoms with E-state index in [1.165, 1.54) is 0 Å². The van der Waals surface area contributed by atoms with Gasteiger partial charge in [-0.3, -0.25) is 9.78 Å². The number of nitrogens with zero attached hydrogens (tertiary/aromatic N) is 1. The topological polar surface area (TPSA) is 68.0 Å². The number of hydrogen-bond acceptors (Lipinski definition) is 3. The minimum absolute atomic E-state index is 0.0649. The van der Waals surface area contributed by atoms with Gasteiger partial charge >= 0.3 is 0 Å². The standard InChI is InChI=1S/C17H15N3O/c18-14-5-1-3-12(9-14)10-17(21)20-16-6-2-4-13-11-19-8-7-15(13)16/h1-9,11H,10,18H2,(H,20,21). The summed E-state index contributed by atoms with van der Waals surface area (Å²) >= 11 is 0. The summed E-state index contributed by atoms with van der Waals surface area (Å²) < 4.78 is 0. The van der Waals surface area contributed by atoms with Crippen LogP contribution in [0, 0.1) is 0 Å². The molecule has 0 radical (unpaired) electrons. The zero-order valence-electron chi connectivity index (χ0n) is 11.4. The number of benzene rings is 2. The lowest BCUT2D eigenvalue weighted by Crippen LogP contribution is -2.14. The molecular formula is C17H15N3O. The Bertz CT molecular complexity index is 793. The molecule has 0 saturated heterocycles. The summed E-state index contributed by atoms with van der Waals surface area (Å²) in [4.78, 5) is 16.3. The molecule has 1 heterocycles. The number of carbonyl (C=O) groups excluding carboxylic acids is 1. The highest BCUT2D eigenvalue weighted by Crippen LogP contribution is 2.22. The van der Waals surface area contributed by atoms with Gasteiger partial charge in [0.25, 0.3) is 0 Å². The number of fused-ring (bicyclic) bond motifs is 1. The Morgan fingerprint density at radius 3 is 2.86 bits per heavy atom. The first-order valence-electron chi connectivity index (χ1n) is 6.69. The van der Waals surface area contributed by atoms with Crippen molar-refractivity contribution in [3.8, 4) is 0 Å². The molecule has 4 nitrogen and oxygen atoms in total. The van der Waals surface area contributed by atoms with Gasteiger partial charge < -0.3 is 11.1 Å². The summed E-state index contributed by atoms with van der Waals surface area (Å²) in [7, 11) is 0. The number of aromatic nitrogens is 1. The van der Waals surface area contributed by atoms with Gasteiger partial charge in [-0.25, -0.2) is 0 Å². The number of anilines is 2. The summed E-state index contributed by atoms with van der Waals surface area (Å²) in [6.45, 7) is 0. The molecule has 1 amide bonds. The van der Waals surface area contributed by atoms with Crippen LogP contribution in [0.3, 0.4) is 0 Å². The SMILES string of the molecule is Nc1cccc(CC(=O)Nc2cccc3cnccc23)c1. The summed E-state index contributed by atoms with van der Waals surface area (Å²) in [5, 5.41) is 4.92. The van der Waals surface area contributed by atoms with E-state index >= 15 is 0 Å². The molecule has 4 heteroatoms. The Balaban J connectivity index is 1.80. The second kappa shape index (κ2) is 5.63. The zero-order valence-corrected chi connectivity index (χ0v) is 11.4. The van der Waals surface area contributed by atoms with E-state index in [0.717, 1.165) is 22.0 Å². The third-order valence-corrected chi connectivity index (χ3v) is 3.27. The highest BCUT2D eigenvalue weighted by molar-refractivity contribution is 6.02. The fraction of sp³-hybridized carbons (Fsp3) is 0.0588. The summed E-state index contributed by atoms with van der Waals surface area (Å²) in [5.41, 5.74) is 8.08. The number of nitrogens with two attached hydrogens (primary N) is 1. The van der Waals surface area contributed by atoms with E-state index in [1.807, 2.05) is 42.5 Å². The molecule has 3 rings (SSSR count). The number of nitrogens with one attached hydrogen (secondary N) is 1. The number of amides is 1. The number of pyridine rings is 1. The number of rotatable bonds is 3. The quantitative estimate of drug-likeness (QED) is 0.723. The highest BCUT2D eigenvalue weighted by atomic mass is 16.1. The van der Waals surface area contributed by atoms with Crippen molar-refractivity contribution in [3.05, 3.63) is 66.5 Å². The minimum atomic E-state index is -0.0649. The molecule has 0 aliphatic carbocycles. The van der Waals surface area contributed by atoms with E-state index in [-0.39, 0.29) is 5.91 Å². The number of carbonyl (C=O) groups is 1. The number of hydrogen-bond donors (Lipinski definition) is 2. The molecule has 0 atom stereocenters. The van der Waals surface area contributed by atoms with Crippen LogP contribution in [-0.2, 0) is 11.2 Å². The molecule has 0 spiro atoms. The third-order valence-electron chi connectivity index (χ3n) is 3.27.